The fourth-order valence-electron chi connectivity index (χ4n) is 1.23. The molecule has 0 fully saturated rings. The highest BCUT2D eigenvalue weighted by Gasteiger charge is 2.25. The molecule has 1 amide bonds. The minimum Gasteiger partial charge on any atom is -0.388 e. The Labute approximate surface area is 102 Å². The first-order chi connectivity index (χ1) is 7.74. The second kappa shape index (κ2) is 4.87. The Bertz CT molecular complexity index is 388. The fourth-order valence-corrected chi connectivity index (χ4v) is 1.23. The zero-order valence-corrected chi connectivity index (χ0v) is 11.1. The average Bonchev–Trinajstić information content (AvgIpc) is 2.56. The molecule has 0 aliphatic rings. The summed E-state index contributed by atoms with van der Waals surface area (Å²) >= 11 is 0. The van der Waals surface area contributed by atoms with Crippen LogP contribution in [0.1, 0.15) is 37.0 Å². The molecule has 1 rings (SSSR count). The normalized spacial score (nSPS) is 14.8. The quantitative estimate of drug-likeness (QED) is 0.819. The van der Waals surface area contributed by atoms with E-state index in [-0.39, 0.29) is 18.4 Å². The Morgan fingerprint density at radius 2 is 2.24 bits per heavy atom. The van der Waals surface area contributed by atoms with Gasteiger partial charge in [0.05, 0.1) is 5.60 Å². The molecule has 0 aliphatic carbocycles. The van der Waals surface area contributed by atoms with Crippen molar-refractivity contribution in [2.24, 2.45) is 13.0 Å². The molecular weight excluding hydrogens is 218 g/mol. The van der Waals surface area contributed by atoms with E-state index in [0.717, 1.165) is 5.69 Å². The van der Waals surface area contributed by atoms with Gasteiger partial charge in [0.2, 0.25) is 0 Å². The lowest BCUT2D eigenvalue weighted by Gasteiger charge is -2.27. The van der Waals surface area contributed by atoms with E-state index < -0.39 is 5.60 Å². The SMILES string of the molecule is Cc1cc(C(=O)NCC(C)(O)C(C)C)nn1C. The van der Waals surface area contributed by atoms with Crippen molar-refractivity contribution in [2.75, 3.05) is 6.54 Å². The summed E-state index contributed by atoms with van der Waals surface area (Å²) in [5.41, 5.74) is 0.398. The van der Waals surface area contributed by atoms with E-state index in [0.29, 0.717) is 5.69 Å². The van der Waals surface area contributed by atoms with Crippen molar-refractivity contribution in [3.05, 3.63) is 17.5 Å². The van der Waals surface area contributed by atoms with Gasteiger partial charge in [-0.3, -0.25) is 9.48 Å². The molecule has 17 heavy (non-hydrogen) atoms. The predicted octanol–water partition coefficient (Wildman–Crippen LogP) is 0.865. The van der Waals surface area contributed by atoms with Crippen LogP contribution >= 0.6 is 0 Å². The van der Waals surface area contributed by atoms with E-state index in [4.69, 9.17) is 0 Å². The first kappa shape index (κ1) is 13.7. The van der Waals surface area contributed by atoms with Gasteiger partial charge < -0.3 is 10.4 Å². The lowest BCUT2D eigenvalue weighted by atomic mass is 9.92. The number of rotatable bonds is 4. The van der Waals surface area contributed by atoms with E-state index in [9.17, 15) is 9.90 Å². The van der Waals surface area contributed by atoms with Crippen LogP contribution in [0.15, 0.2) is 6.07 Å². The number of aliphatic hydroxyl groups is 1. The van der Waals surface area contributed by atoms with Crippen LogP contribution in [0.4, 0.5) is 0 Å². The number of carbonyl (C=O) groups excluding carboxylic acids is 1. The molecule has 2 N–H and O–H groups in total. The molecule has 1 aromatic heterocycles. The summed E-state index contributed by atoms with van der Waals surface area (Å²) in [5, 5.41) is 16.8. The summed E-state index contributed by atoms with van der Waals surface area (Å²) < 4.78 is 1.65. The van der Waals surface area contributed by atoms with Crippen LogP contribution in [0.3, 0.4) is 0 Å². The van der Waals surface area contributed by atoms with Gasteiger partial charge in [0.25, 0.3) is 5.91 Å². The first-order valence-corrected chi connectivity index (χ1v) is 5.75. The van der Waals surface area contributed by atoms with Crippen LogP contribution in [0.5, 0.6) is 0 Å². The summed E-state index contributed by atoms with van der Waals surface area (Å²) in [4.78, 5) is 11.8. The molecule has 0 aliphatic heterocycles. The number of aromatic nitrogens is 2. The second-order valence-corrected chi connectivity index (χ2v) is 4.99. The highest BCUT2D eigenvalue weighted by atomic mass is 16.3. The maximum Gasteiger partial charge on any atom is 0.271 e. The zero-order valence-electron chi connectivity index (χ0n) is 11.1. The third-order valence-corrected chi connectivity index (χ3v) is 3.20. The van der Waals surface area contributed by atoms with Crippen LogP contribution in [0.25, 0.3) is 0 Å². The summed E-state index contributed by atoms with van der Waals surface area (Å²) in [7, 11) is 1.79. The van der Waals surface area contributed by atoms with E-state index in [1.165, 1.54) is 0 Å². The number of hydrogen-bond acceptors (Lipinski definition) is 3. The molecule has 1 unspecified atom stereocenters. The maximum absolute atomic E-state index is 11.8. The predicted molar refractivity (Wildman–Crippen MR) is 65.7 cm³/mol. The Balaban J connectivity index is 2.62. The fraction of sp³-hybridized carbons (Fsp3) is 0.667. The topological polar surface area (TPSA) is 67.2 Å². The summed E-state index contributed by atoms with van der Waals surface area (Å²) in [6.07, 6.45) is 0. The molecule has 0 spiro atoms. The van der Waals surface area contributed by atoms with Crippen molar-refractivity contribution in [1.29, 1.82) is 0 Å². The monoisotopic (exact) mass is 239 g/mol. The van der Waals surface area contributed by atoms with Crippen LogP contribution in [-0.4, -0.2) is 32.9 Å². The number of nitrogens with zero attached hydrogens (tertiary/aromatic N) is 2. The van der Waals surface area contributed by atoms with Crippen molar-refractivity contribution in [1.82, 2.24) is 15.1 Å². The van der Waals surface area contributed by atoms with Crippen LogP contribution in [0.2, 0.25) is 0 Å². The van der Waals surface area contributed by atoms with Crippen LogP contribution < -0.4 is 5.32 Å². The van der Waals surface area contributed by atoms with Crippen molar-refractivity contribution in [3.8, 4) is 0 Å². The van der Waals surface area contributed by atoms with Gasteiger partial charge >= 0.3 is 0 Å². The van der Waals surface area contributed by atoms with Gasteiger partial charge in [-0.15, -0.1) is 0 Å². The molecule has 5 heteroatoms. The third-order valence-electron chi connectivity index (χ3n) is 3.20. The van der Waals surface area contributed by atoms with E-state index in [1.807, 2.05) is 20.8 Å². The molecule has 1 heterocycles. The maximum atomic E-state index is 11.8. The minimum atomic E-state index is -0.903. The zero-order chi connectivity index (χ0) is 13.2. The van der Waals surface area contributed by atoms with Crippen molar-refractivity contribution >= 4 is 5.91 Å². The lowest BCUT2D eigenvalue weighted by Crippen LogP contribution is -2.44. The Morgan fingerprint density at radius 1 is 1.65 bits per heavy atom. The van der Waals surface area contributed by atoms with Crippen molar-refractivity contribution in [3.63, 3.8) is 0 Å². The third kappa shape index (κ3) is 3.30. The molecule has 0 radical (unpaired) electrons. The molecule has 0 bridgehead atoms. The van der Waals surface area contributed by atoms with Gasteiger partial charge in [-0.1, -0.05) is 13.8 Å². The van der Waals surface area contributed by atoms with Gasteiger partial charge in [-0.05, 0) is 25.8 Å². The Hall–Kier alpha value is -1.36. The highest BCUT2D eigenvalue weighted by molar-refractivity contribution is 5.92. The minimum absolute atomic E-state index is 0.0771. The van der Waals surface area contributed by atoms with Crippen LogP contribution in [0, 0.1) is 12.8 Å². The lowest BCUT2D eigenvalue weighted by molar-refractivity contribution is 0.0142. The Kier molecular flexibility index (Phi) is 3.93. The molecule has 1 aromatic rings. The van der Waals surface area contributed by atoms with Gasteiger partial charge in [0.15, 0.2) is 0 Å². The standard InChI is InChI=1S/C12H21N3O2/c1-8(2)12(4,17)7-13-11(16)10-6-9(3)15(5)14-10/h6,8,17H,7H2,1-5H3,(H,13,16). The second-order valence-electron chi connectivity index (χ2n) is 4.99. The molecule has 1 atom stereocenters. The molecular formula is C12H21N3O2. The van der Waals surface area contributed by atoms with Gasteiger partial charge in [0.1, 0.15) is 5.69 Å². The number of amides is 1. The largest absolute Gasteiger partial charge is 0.388 e. The first-order valence-electron chi connectivity index (χ1n) is 5.75. The van der Waals surface area contributed by atoms with E-state index in [2.05, 4.69) is 10.4 Å². The summed E-state index contributed by atoms with van der Waals surface area (Å²) in [5.74, 6) is -0.178. The smallest absolute Gasteiger partial charge is 0.271 e. The number of aryl methyl sites for hydroxylation is 2. The number of carbonyl (C=O) groups is 1. The summed E-state index contributed by atoms with van der Waals surface area (Å²) in [6, 6.07) is 1.72. The summed E-state index contributed by atoms with van der Waals surface area (Å²) in [6.45, 7) is 7.64. The van der Waals surface area contributed by atoms with Gasteiger partial charge in [-0.25, -0.2) is 0 Å². The highest BCUT2D eigenvalue weighted by Crippen LogP contribution is 2.14. The van der Waals surface area contributed by atoms with E-state index >= 15 is 0 Å². The number of hydrogen-bond donors (Lipinski definition) is 2. The van der Waals surface area contributed by atoms with Crippen molar-refractivity contribution < 1.29 is 9.90 Å². The molecule has 96 valence electrons. The van der Waals surface area contributed by atoms with Gasteiger partial charge in [-0.2, -0.15) is 5.10 Å². The van der Waals surface area contributed by atoms with E-state index in [1.54, 1.807) is 24.7 Å². The molecule has 0 saturated carbocycles. The molecule has 5 nitrogen and oxygen atoms in total. The molecule has 0 saturated heterocycles. The van der Waals surface area contributed by atoms with Crippen LogP contribution in [-0.2, 0) is 7.05 Å². The Morgan fingerprint density at radius 3 is 2.65 bits per heavy atom. The van der Waals surface area contributed by atoms with Gasteiger partial charge in [0, 0.05) is 19.3 Å². The molecule has 0 aromatic carbocycles. The van der Waals surface area contributed by atoms with Crippen molar-refractivity contribution in [2.45, 2.75) is 33.3 Å². The number of nitrogens with one attached hydrogen (secondary N) is 1. The average molecular weight is 239 g/mol.